The number of aliphatic hydroxyl groups is 1. The molecule has 102 valence electrons. The van der Waals surface area contributed by atoms with Gasteiger partial charge in [0.25, 0.3) is 0 Å². The summed E-state index contributed by atoms with van der Waals surface area (Å²) >= 11 is 0. The molecule has 1 aliphatic heterocycles. The highest BCUT2D eigenvalue weighted by molar-refractivity contribution is 5.14. The van der Waals surface area contributed by atoms with E-state index in [1.165, 1.54) is 6.42 Å². The van der Waals surface area contributed by atoms with Crippen molar-refractivity contribution in [3.63, 3.8) is 0 Å². The zero-order valence-electron chi connectivity index (χ0n) is 11.8. The van der Waals surface area contributed by atoms with Crippen molar-refractivity contribution in [1.29, 1.82) is 5.26 Å². The Labute approximate surface area is 111 Å². The van der Waals surface area contributed by atoms with Crippen LogP contribution in [0, 0.1) is 22.7 Å². The molecule has 1 saturated heterocycles. The summed E-state index contributed by atoms with van der Waals surface area (Å²) in [7, 11) is 2.05. The maximum atomic E-state index is 11.0. The van der Waals surface area contributed by atoms with Gasteiger partial charge in [0.1, 0.15) is 0 Å². The Bertz CT molecular complexity index is 328. The zero-order chi connectivity index (χ0) is 13.2. The highest BCUT2D eigenvalue weighted by Crippen LogP contribution is 2.49. The molecule has 3 heteroatoms. The molecular weight excluding hydrogens is 224 g/mol. The fourth-order valence-electron chi connectivity index (χ4n) is 3.90. The molecule has 0 aromatic heterocycles. The third kappa shape index (κ3) is 2.29. The summed E-state index contributed by atoms with van der Waals surface area (Å²) in [4.78, 5) is 2.18. The Hall–Kier alpha value is -0.590. The van der Waals surface area contributed by atoms with Crippen molar-refractivity contribution >= 4 is 0 Å². The molecule has 0 bridgehead atoms. The zero-order valence-corrected chi connectivity index (χ0v) is 11.8. The minimum Gasteiger partial charge on any atom is -0.387 e. The lowest BCUT2D eigenvalue weighted by molar-refractivity contribution is -0.115. The van der Waals surface area contributed by atoms with Gasteiger partial charge < -0.3 is 10.0 Å². The molecule has 1 heterocycles. The van der Waals surface area contributed by atoms with Gasteiger partial charge in [-0.3, -0.25) is 0 Å². The van der Waals surface area contributed by atoms with E-state index in [9.17, 15) is 10.4 Å². The molecule has 2 fully saturated rings. The van der Waals surface area contributed by atoms with Gasteiger partial charge in [0.2, 0.25) is 0 Å². The fourth-order valence-corrected chi connectivity index (χ4v) is 3.90. The van der Waals surface area contributed by atoms with Gasteiger partial charge >= 0.3 is 0 Å². The summed E-state index contributed by atoms with van der Waals surface area (Å²) < 4.78 is 0. The number of nitrogens with zero attached hydrogens (tertiary/aromatic N) is 2. The van der Waals surface area contributed by atoms with Crippen LogP contribution in [0.1, 0.15) is 51.9 Å². The predicted molar refractivity (Wildman–Crippen MR) is 72.0 cm³/mol. The molecule has 1 unspecified atom stereocenters. The third-order valence-electron chi connectivity index (χ3n) is 5.30. The molecule has 2 aliphatic rings. The number of β-amino-alcohol motifs (C(OH)–C–C–N with tert-alkyl or cyclic N) is 1. The van der Waals surface area contributed by atoms with Crippen molar-refractivity contribution in [3.05, 3.63) is 0 Å². The Morgan fingerprint density at radius 2 is 2.00 bits per heavy atom. The molecule has 1 aliphatic carbocycles. The van der Waals surface area contributed by atoms with Crippen molar-refractivity contribution in [2.75, 3.05) is 20.1 Å². The van der Waals surface area contributed by atoms with E-state index in [-0.39, 0.29) is 0 Å². The number of nitriles is 1. The van der Waals surface area contributed by atoms with Gasteiger partial charge in [-0.1, -0.05) is 13.3 Å². The average molecular weight is 250 g/mol. The van der Waals surface area contributed by atoms with Crippen LogP contribution in [0.15, 0.2) is 0 Å². The van der Waals surface area contributed by atoms with Gasteiger partial charge in [-0.25, -0.2) is 0 Å². The predicted octanol–water partition coefficient (Wildman–Crippen LogP) is 2.55. The van der Waals surface area contributed by atoms with Crippen LogP contribution in [-0.2, 0) is 0 Å². The van der Waals surface area contributed by atoms with Crippen molar-refractivity contribution in [1.82, 2.24) is 4.90 Å². The maximum Gasteiger partial charge on any atom is 0.0959 e. The van der Waals surface area contributed by atoms with Gasteiger partial charge in [0.15, 0.2) is 0 Å². The van der Waals surface area contributed by atoms with Crippen LogP contribution >= 0.6 is 0 Å². The topological polar surface area (TPSA) is 47.3 Å². The van der Waals surface area contributed by atoms with E-state index in [0.29, 0.717) is 6.54 Å². The van der Waals surface area contributed by atoms with Gasteiger partial charge in [0.05, 0.1) is 17.1 Å². The van der Waals surface area contributed by atoms with Crippen molar-refractivity contribution in [2.45, 2.75) is 57.5 Å². The van der Waals surface area contributed by atoms with Gasteiger partial charge in [-0.05, 0) is 58.0 Å². The van der Waals surface area contributed by atoms with E-state index in [0.717, 1.165) is 51.0 Å². The largest absolute Gasteiger partial charge is 0.387 e. The SMILES string of the molecule is CCC1CCC(C#N)(C2(O)CCCN(C)C2)CC1. The van der Waals surface area contributed by atoms with E-state index >= 15 is 0 Å². The molecule has 2 rings (SSSR count). The van der Waals surface area contributed by atoms with Crippen LogP contribution in [-0.4, -0.2) is 35.7 Å². The minimum atomic E-state index is -0.784. The lowest BCUT2D eigenvalue weighted by Crippen LogP contribution is -2.58. The molecule has 1 saturated carbocycles. The highest BCUT2D eigenvalue weighted by Gasteiger charge is 2.53. The first-order chi connectivity index (χ1) is 8.55. The summed E-state index contributed by atoms with van der Waals surface area (Å²) in [6.07, 6.45) is 6.99. The molecule has 0 radical (unpaired) electrons. The summed E-state index contributed by atoms with van der Waals surface area (Å²) in [6.45, 7) is 3.94. The van der Waals surface area contributed by atoms with E-state index in [4.69, 9.17) is 0 Å². The number of likely N-dealkylation sites (N-methyl/N-ethyl adjacent to an activating group) is 1. The van der Waals surface area contributed by atoms with Crippen LogP contribution in [0.25, 0.3) is 0 Å². The highest BCUT2D eigenvalue weighted by atomic mass is 16.3. The summed E-state index contributed by atoms with van der Waals surface area (Å²) in [5, 5.41) is 20.7. The Balaban J connectivity index is 2.15. The quantitative estimate of drug-likeness (QED) is 0.819. The minimum absolute atomic E-state index is 0.493. The van der Waals surface area contributed by atoms with E-state index in [2.05, 4.69) is 17.9 Å². The number of piperidine rings is 1. The molecular formula is C15H26N2O. The summed E-state index contributed by atoms with van der Waals surface area (Å²) in [6, 6.07) is 2.52. The van der Waals surface area contributed by atoms with Crippen LogP contribution in [0.5, 0.6) is 0 Å². The van der Waals surface area contributed by atoms with Crippen molar-refractivity contribution < 1.29 is 5.11 Å². The maximum absolute atomic E-state index is 11.0. The summed E-state index contributed by atoms with van der Waals surface area (Å²) in [5.74, 6) is 0.761. The number of likely N-dealkylation sites (tertiary alicyclic amines) is 1. The van der Waals surface area contributed by atoms with Crippen LogP contribution in [0.4, 0.5) is 0 Å². The lowest BCUT2D eigenvalue weighted by Gasteiger charge is -2.50. The molecule has 18 heavy (non-hydrogen) atoms. The first-order valence-electron chi connectivity index (χ1n) is 7.37. The van der Waals surface area contributed by atoms with E-state index in [1.807, 2.05) is 7.05 Å². The molecule has 0 aromatic carbocycles. The second-order valence-corrected chi connectivity index (χ2v) is 6.42. The van der Waals surface area contributed by atoms with E-state index in [1.54, 1.807) is 0 Å². The van der Waals surface area contributed by atoms with Crippen molar-refractivity contribution in [3.8, 4) is 6.07 Å². The number of rotatable bonds is 2. The number of hydrogen-bond acceptors (Lipinski definition) is 3. The molecule has 0 aromatic rings. The Morgan fingerprint density at radius 1 is 1.33 bits per heavy atom. The van der Waals surface area contributed by atoms with Crippen LogP contribution in [0.2, 0.25) is 0 Å². The second-order valence-electron chi connectivity index (χ2n) is 6.42. The Morgan fingerprint density at radius 3 is 2.50 bits per heavy atom. The Kier molecular flexibility index (Phi) is 3.99. The van der Waals surface area contributed by atoms with Gasteiger partial charge in [-0.15, -0.1) is 0 Å². The van der Waals surface area contributed by atoms with Crippen LogP contribution < -0.4 is 0 Å². The normalized spacial score (nSPS) is 42.4. The summed E-state index contributed by atoms with van der Waals surface area (Å²) in [5.41, 5.74) is -1.28. The lowest BCUT2D eigenvalue weighted by atomic mass is 9.59. The first kappa shape index (κ1) is 13.8. The molecule has 1 atom stereocenters. The van der Waals surface area contributed by atoms with E-state index < -0.39 is 11.0 Å². The molecule has 0 spiro atoms. The average Bonchev–Trinajstić information content (AvgIpc) is 2.38. The van der Waals surface area contributed by atoms with Gasteiger partial charge in [-0.2, -0.15) is 5.26 Å². The van der Waals surface area contributed by atoms with Crippen molar-refractivity contribution in [2.24, 2.45) is 11.3 Å². The molecule has 1 N–H and O–H groups in total. The standard InChI is InChI=1S/C15H26N2O/c1-3-13-5-8-14(11-16,9-6-13)15(18)7-4-10-17(2)12-15/h13,18H,3-10,12H2,1-2H3. The monoisotopic (exact) mass is 250 g/mol. The van der Waals surface area contributed by atoms with Crippen LogP contribution in [0.3, 0.4) is 0 Å². The second kappa shape index (κ2) is 5.19. The van der Waals surface area contributed by atoms with Gasteiger partial charge in [0, 0.05) is 6.54 Å². The first-order valence-corrected chi connectivity index (χ1v) is 7.37. The molecule has 3 nitrogen and oxygen atoms in total. The molecule has 0 amide bonds. The number of hydrogen-bond donors (Lipinski definition) is 1. The fraction of sp³-hybridized carbons (Fsp3) is 0.933. The third-order valence-corrected chi connectivity index (χ3v) is 5.30. The smallest absolute Gasteiger partial charge is 0.0959 e.